The number of nitrogens with zero attached hydrogens (tertiary/aromatic N) is 1. The lowest BCUT2D eigenvalue weighted by Gasteiger charge is -2.30. The van der Waals surface area contributed by atoms with E-state index in [0.717, 1.165) is 17.1 Å². The summed E-state index contributed by atoms with van der Waals surface area (Å²) in [6.07, 6.45) is 0. The van der Waals surface area contributed by atoms with E-state index in [2.05, 4.69) is 255 Å². The first-order chi connectivity index (χ1) is 30.5. The van der Waals surface area contributed by atoms with Crippen LogP contribution in [0.1, 0.15) is 25.0 Å². The summed E-state index contributed by atoms with van der Waals surface area (Å²) in [5, 5.41) is 2.38. The molecule has 0 saturated heterocycles. The van der Waals surface area contributed by atoms with Gasteiger partial charge in [-0.2, -0.15) is 0 Å². The highest BCUT2D eigenvalue weighted by molar-refractivity contribution is 6.02. The number of hydrogen-bond acceptors (Lipinski definition) is 1. The summed E-state index contributed by atoms with van der Waals surface area (Å²) in [7, 11) is 0. The van der Waals surface area contributed by atoms with Gasteiger partial charge >= 0.3 is 0 Å². The quantitative estimate of drug-likeness (QED) is 0.148. The lowest BCUT2D eigenvalue weighted by Crippen LogP contribution is -2.16. The molecule has 0 amide bonds. The lowest BCUT2D eigenvalue weighted by molar-refractivity contribution is 0.660. The van der Waals surface area contributed by atoms with E-state index in [4.69, 9.17) is 0 Å². The molecule has 0 fully saturated rings. The van der Waals surface area contributed by atoms with Crippen LogP contribution in [-0.2, 0) is 5.41 Å². The minimum Gasteiger partial charge on any atom is -0.310 e. The van der Waals surface area contributed by atoms with E-state index >= 15 is 0 Å². The average Bonchev–Trinajstić information content (AvgIpc) is 3.57. The molecule has 0 aromatic heterocycles. The fourth-order valence-corrected chi connectivity index (χ4v) is 9.84. The zero-order chi connectivity index (χ0) is 41.6. The topological polar surface area (TPSA) is 3.24 Å². The van der Waals surface area contributed by atoms with Gasteiger partial charge in [0.15, 0.2) is 0 Å². The van der Waals surface area contributed by atoms with Crippen LogP contribution in [0.4, 0.5) is 17.1 Å². The van der Waals surface area contributed by atoms with Gasteiger partial charge in [0, 0.05) is 22.4 Å². The van der Waals surface area contributed by atoms with E-state index in [9.17, 15) is 0 Å². The first kappa shape index (κ1) is 37.3. The van der Waals surface area contributed by atoms with E-state index < -0.39 is 0 Å². The maximum atomic E-state index is 2.46. The van der Waals surface area contributed by atoms with E-state index in [0.29, 0.717) is 0 Å². The molecule has 0 aliphatic heterocycles. The van der Waals surface area contributed by atoms with Crippen molar-refractivity contribution in [3.8, 4) is 66.8 Å². The van der Waals surface area contributed by atoms with Crippen LogP contribution in [-0.4, -0.2) is 0 Å². The maximum absolute atomic E-state index is 2.46. The van der Waals surface area contributed by atoms with Crippen molar-refractivity contribution in [2.45, 2.75) is 19.3 Å². The molecule has 0 spiro atoms. The molecule has 0 N–H and O–H groups in total. The molecule has 0 radical (unpaired) electrons. The van der Waals surface area contributed by atoms with Gasteiger partial charge < -0.3 is 4.90 Å². The molecule has 0 atom stereocenters. The molecule has 10 aromatic carbocycles. The minimum absolute atomic E-state index is 0.120. The van der Waals surface area contributed by atoms with E-state index in [1.165, 1.54) is 88.7 Å². The predicted octanol–water partition coefficient (Wildman–Crippen LogP) is 17.0. The zero-order valence-corrected chi connectivity index (χ0v) is 35.0. The Balaban J connectivity index is 1.07. The van der Waals surface area contributed by atoms with Gasteiger partial charge in [-0.15, -0.1) is 0 Å². The van der Waals surface area contributed by atoms with Crippen molar-refractivity contribution in [1.29, 1.82) is 0 Å². The lowest BCUT2D eigenvalue weighted by atomic mass is 9.82. The molecule has 1 heteroatoms. The Labute approximate surface area is 364 Å². The molecule has 0 unspecified atom stereocenters. The monoisotopic (exact) mass is 791 g/mol. The Kier molecular flexibility index (Phi) is 9.24. The summed E-state index contributed by atoms with van der Waals surface area (Å²) in [5.74, 6) is 0. The number of benzene rings is 10. The fraction of sp³-hybridized carbons (Fsp3) is 0.0492. The summed E-state index contributed by atoms with van der Waals surface area (Å²) in [5.41, 5.74) is 20.7. The predicted molar refractivity (Wildman–Crippen MR) is 263 cm³/mol. The standard InChI is InChI=1S/C61H45N/c1-61(2)57-31-16-14-27-54(57)55-38-37-49(41-58(55)61)62(59-32-17-15-26-51(59)43-21-8-4-9-22-43)48-36-35-45-39-47(34-33-46(45)40-48)53-30-18-29-52(44-23-10-5-11-24-44)60(53)56-28-13-12-25-50(56)42-19-6-3-7-20-42/h3-41H,1-2H3. The van der Waals surface area contributed by atoms with Gasteiger partial charge in [0.1, 0.15) is 0 Å². The normalized spacial score (nSPS) is 12.5. The van der Waals surface area contributed by atoms with Gasteiger partial charge in [0.25, 0.3) is 0 Å². The first-order valence-corrected chi connectivity index (χ1v) is 21.6. The molecule has 0 bridgehead atoms. The van der Waals surface area contributed by atoms with Crippen LogP contribution in [0.25, 0.3) is 77.5 Å². The second kappa shape index (κ2) is 15.4. The van der Waals surface area contributed by atoms with Gasteiger partial charge in [-0.05, 0) is 119 Å². The van der Waals surface area contributed by atoms with Crippen molar-refractivity contribution in [2.75, 3.05) is 4.90 Å². The minimum atomic E-state index is -0.120. The summed E-state index contributed by atoms with van der Waals surface area (Å²) in [6.45, 7) is 4.72. The van der Waals surface area contributed by atoms with Crippen LogP contribution in [0.5, 0.6) is 0 Å². The summed E-state index contributed by atoms with van der Waals surface area (Å²) >= 11 is 0. The Morgan fingerprint density at radius 2 is 0.758 bits per heavy atom. The van der Waals surface area contributed by atoms with Crippen LogP contribution < -0.4 is 4.90 Å². The third-order valence-electron chi connectivity index (χ3n) is 12.9. The highest BCUT2D eigenvalue weighted by atomic mass is 15.1. The Hall–Kier alpha value is -7.74. The van der Waals surface area contributed by atoms with E-state index in [-0.39, 0.29) is 5.41 Å². The van der Waals surface area contributed by atoms with Crippen LogP contribution in [0.3, 0.4) is 0 Å². The summed E-state index contributed by atoms with van der Waals surface area (Å²) < 4.78 is 0. The fourth-order valence-electron chi connectivity index (χ4n) is 9.84. The van der Waals surface area contributed by atoms with Crippen LogP contribution in [0, 0.1) is 0 Å². The van der Waals surface area contributed by atoms with Crippen molar-refractivity contribution in [3.05, 3.63) is 248 Å². The maximum Gasteiger partial charge on any atom is 0.0540 e. The SMILES string of the molecule is CC1(C)c2ccccc2-c2ccc(N(c3ccc4cc(-c5cccc(-c6ccccc6)c5-c5ccccc5-c5ccccc5)ccc4c3)c3ccccc3-c3ccccc3)cc21. The Morgan fingerprint density at radius 3 is 1.47 bits per heavy atom. The first-order valence-electron chi connectivity index (χ1n) is 21.6. The number of para-hydroxylation sites is 1. The molecular weight excluding hydrogens is 747 g/mol. The van der Waals surface area contributed by atoms with Crippen LogP contribution >= 0.6 is 0 Å². The second-order valence-electron chi connectivity index (χ2n) is 16.9. The van der Waals surface area contributed by atoms with Crippen molar-refractivity contribution in [3.63, 3.8) is 0 Å². The van der Waals surface area contributed by atoms with Gasteiger partial charge in [-0.25, -0.2) is 0 Å². The number of hydrogen-bond donors (Lipinski definition) is 0. The summed E-state index contributed by atoms with van der Waals surface area (Å²) in [6, 6.07) is 86.6. The van der Waals surface area contributed by atoms with Gasteiger partial charge in [-0.1, -0.05) is 214 Å². The van der Waals surface area contributed by atoms with Gasteiger partial charge in [-0.3, -0.25) is 0 Å². The highest BCUT2D eigenvalue weighted by Crippen LogP contribution is 2.52. The molecule has 294 valence electrons. The van der Waals surface area contributed by atoms with Crippen molar-refractivity contribution in [2.24, 2.45) is 0 Å². The second-order valence-corrected chi connectivity index (χ2v) is 16.9. The van der Waals surface area contributed by atoms with Gasteiger partial charge in [0.05, 0.1) is 5.69 Å². The molecule has 0 saturated carbocycles. The molecular formula is C61H45N. The van der Waals surface area contributed by atoms with Crippen molar-refractivity contribution in [1.82, 2.24) is 0 Å². The largest absolute Gasteiger partial charge is 0.310 e. The Bertz CT molecular complexity index is 3250. The zero-order valence-electron chi connectivity index (χ0n) is 35.0. The third-order valence-corrected chi connectivity index (χ3v) is 12.9. The third kappa shape index (κ3) is 6.42. The molecule has 1 aliphatic carbocycles. The summed E-state index contributed by atoms with van der Waals surface area (Å²) in [4.78, 5) is 2.46. The molecule has 10 aromatic rings. The van der Waals surface area contributed by atoms with E-state index in [1.54, 1.807) is 0 Å². The smallest absolute Gasteiger partial charge is 0.0540 e. The Morgan fingerprint density at radius 1 is 0.290 bits per heavy atom. The average molecular weight is 792 g/mol. The molecule has 1 nitrogen and oxygen atoms in total. The molecule has 0 heterocycles. The molecule has 1 aliphatic rings. The highest BCUT2D eigenvalue weighted by Gasteiger charge is 2.36. The van der Waals surface area contributed by atoms with Crippen LogP contribution in [0.2, 0.25) is 0 Å². The van der Waals surface area contributed by atoms with E-state index in [1.807, 2.05) is 0 Å². The van der Waals surface area contributed by atoms with Gasteiger partial charge in [0.2, 0.25) is 0 Å². The molecule has 62 heavy (non-hydrogen) atoms. The number of rotatable bonds is 8. The van der Waals surface area contributed by atoms with Crippen molar-refractivity contribution >= 4 is 27.8 Å². The van der Waals surface area contributed by atoms with Crippen LogP contribution in [0.15, 0.2) is 237 Å². The number of fused-ring (bicyclic) bond motifs is 4. The molecule has 11 rings (SSSR count). The van der Waals surface area contributed by atoms with Crippen molar-refractivity contribution < 1.29 is 0 Å². The number of anilines is 3.